The number of rotatable bonds is 6. The van der Waals surface area contributed by atoms with Crippen molar-refractivity contribution in [1.82, 2.24) is 9.62 Å². The number of esters is 1. The van der Waals surface area contributed by atoms with Gasteiger partial charge in [-0.25, -0.2) is 8.42 Å². The first-order valence-electron chi connectivity index (χ1n) is 6.86. The van der Waals surface area contributed by atoms with Crippen LogP contribution in [-0.4, -0.2) is 50.8 Å². The third kappa shape index (κ3) is 3.65. The van der Waals surface area contributed by atoms with E-state index in [9.17, 15) is 18.0 Å². The molecule has 0 aromatic carbocycles. The molecule has 22 heavy (non-hydrogen) atoms. The predicted octanol–water partition coefficient (Wildman–Crippen LogP) is 0.581. The smallest absolute Gasteiger partial charge is 0.307 e. The zero-order chi connectivity index (χ0) is 16.2. The molecule has 1 atom stereocenters. The van der Waals surface area contributed by atoms with Crippen LogP contribution in [0.25, 0.3) is 0 Å². The Bertz CT molecular complexity index is 627. The van der Waals surface area contributed by atoms with Crippen LogP contribution in [-0.2, 0) is 24.3 Å². The molecule has 0 saturated carbocycles. The van der Waals surface area contributed by atoms with Crippen LogP contribution in [0.15, 0.2) is 21.7 Å². The van der Waals surface area contributed by atoms with E-state index < -0.39 is 22.0 Å². The van der Waals surface area contributed by atoms with Crippen LogP contribution in [0.5, 0.6) is 0 Å². The van der Waals surface area contributed by atoms with Crippen molar-refractivity contribution in [3.05, 3.63) is 17.5 Å². The van der Waals surface area contributed by atoms with Crippen molar-refractivity contribution < 1.29 is 22.7 Å². The third-order valence-electron chi connectivity index (χ3n) is 3.42. The van der Waals surface area contributed by atoms with Crippen LogP contribution in [0.4, 0.5) is 0 Å². The summed E-state index contributed by atoms with van der Waals surface area (Å²) in [5.74, 6) is -0.795. The number of carbonyl (C=O) groups excluding carboxylic acids is 2. The lowest BCUT2D eigenvalue weighted by Gasteiger charge is -2.22. The largest absolute Gasteiger partial charge is 0.469 e. The third-order valence-corrected chi connectivity index (χ3v) is 6.70. The van der Waals surface area contributed by atoms with Crippen LogP contribution in [0.2, 0.25) is 0 Å². The van der Waals surface area contributed by atoms with Gasteiger partial charge in [-0.05, 0) is 24.3 Å². The van der Waals surface area contributed by atoms with E-state index >= 15 is 0 Å². The fourth-order valence-corrected chi connectivity index (χ4v) is 5.10. The van der Waals surface area contributed by atoms with Crippen LogP contribution in [0.1, 0.15) is 19.3 Å². The van der Waals surface area contributed by atoms with E-state index in [0.717, 1.165) is 11.3 Å². The second-order valence-electron chi connectivity index (χ2n) is 4.82. The summed E-state index contributed by atoms with van der Waals surface area (Å²) >= 11 is 1.13. The molecule has 1 amide bonds. The van der Waals surface area contributed by atoms with Crippen molar-refractivity contribution in [1.29, 1.82) is 0 Å². The molecule has 1 aromatic heterocycles. The monoisotopic (exact) mass is 346 g/mol. The zero-order valence-electron chi connectivity index (χ0n) is 12.1. The highest BCUT2D eigenvalue weighted by Crippen LogP contribution is 2.28. The maximum absolute atomic E-state index is 12.5. The minimum absolute atomic E-state index is 0.0621. The normalized spacial score (nSPS) is 19.0. The predicted molar refractivity (Wildman–Crippen MR) is 80.9 cm³/mol. The number of carbonyl (C=O) groups is 2. The fourth-order valence-electron chi connectivity index (χ4n) is 2.32. The maximum atomic E-state index is 12.5. The van der Waals surface area contributed by atoms with E-state index in [1.165, 1.54) is 17.5 Å². The number of nitrogens with one attached hydrogen (secondary N) is 1. The molecule has 0 aliphatic carbocycles. The van der Waals surface area contributed by atoms with Crippen molar-refractivity contribution in [2.24, 2.45) is 0 Å². The molecule has 7 nitrogen and oxygen atoms in total. The van der Waals surface area contributed by atoms with Gasteiger partial charge in [0.15, 0.2) is 0 Å². The summed E-state index contributed by atoms with van der Waals surface area (Å²) in [7, 11) is -2.36. The highest BCUT2D eigenvalue weighted by Gasteiger charge is 2.39. The first-order chi connectivity index (χ1) is 10.5. The Hall–Kier alpha value is -1.45. The minimum Gasteiger partial charge on any atom is -0.469 e. The van der Waals surface area contributed by atoms with E-state index in [1.54, 1.807) is 11.4 Å². The van der Waals surface area contributed by atoms with E-state index in [0.29, 0.717) is 19.4 Å². The van der Waals surface area contributed by atoms with Gasteiger partial charge in [0.2, 0.25) is 5.91 Å². The molecular weight excluding hydrogens is 328 g/mol. The van der Waals surface area contributed by atoms with E-state index in [4.69, 9.17) is 0 Å². The molecule has 1 saturated heterocycles. The first-order valence-corrected chi connectivity index (χ1v) is 9.18. The van der Waals surface area contributed by atoms with Gasteiger partial charge in [0.25, 0.3) is 10.0 Å². The molecule has 2 rings (SSSR count). The molecule has 1 unspecified atom stereocenters. The lowest BCUT2D eigenvalue weighted by molar-refractivity contribution is -0.140. The molecule has 2 heterocycles. The average Bonchev–Trinajstić information content (AvgIpc) is 3.18. The molecule has 0 bridgehead atoms. The molecule has 0 spiro atoms. The summed E-state index contributed by atoms with van der Waals surface area (Å²) in [6, 6.07) is 2.48. The number of hydrogen-bond acceptors (Lipinski definition) is 6. The number of sulfonamides is 1. The first kappa shape index (κ1) is 16.9. The van der Waals surface area contributed by atoms with E-state index in [-0.39, 0.29) is 23.1 Å². The molecule has 0 radical (unpaired) electrons. The Morgan fingerprint density at radius 2 is 2.27 bits per heavy atom. The Morgan fingerprint density at radius 3 is 2.91 bits per heavy atom. The van der Waals surface area contributed by atoms with Crippen LogP contribution in [0.3, 0.4) is 0 Å². The highest BCUT2D eigenvalue weighted by atomic mass is 32.2. The van der Waals surface area contributed by atoms with Crippen molar-refractivity contribution in [3.8, 4) is 0 Å². The van der Waals surface area contributed by atoms with Gasteiger partial charge >= 0.3 is 5.97 Å². The molecular formula is C13H18N2O5S2. The van der Waals surface area contributed by atoms with Gasteiger partial charge < -0.3 is 10.1 Å². The Labute approximate surface area is 133 Å². The van der Waals surface area contributed by atoms with E-state index in [1.807, 2.05) is 0 Å². The molecule has 1 fully saturated rings. The number of methoxy groups -OCH3 is 1. The average molecular weight is 346 g/mol. The topological polar surface area (TPSA) is 92.8 Å². The Morgan fingerprint density at radius 1 is 1.50 bits per heavy atom. The quantitative estimate of drug-likeness (QED) is 0.761. The van der Waals surface area contributed by atoms with Gasteiger partial charge in [-0.1, -0.05) is 6.07 Å². The number of ether oxygens (including phenoxy) is 1. The summed E-state index contributed by atoms with van der Waals surface area (Å²) in [6.07, 6.45) is 1.18. The molecule has 1 aliphatic rings. The minimum atomic E-state index is -3.64. The molecule has 9 heteroatoms. The van der Waals surface area contributed by atoms with Crippen LogP contribution >= 0.6 is 11.3 Å². The number of nitrogens with zero attached hydrogens (tertiary/aromatic N) is 1. The summed E-state index contributed by atoms with van der Waals surface area (Å²) in [4.78, 5) is 23.2. The SMILES string of the molecule is COC(=O)CCNC(=O)C1CCCN1S(=O)(=O)c1cccs1. The van der Waals surface area contributed by atoms with Crippen molar-refractivity contribution in [2.75, 3.05) is 20.2 Å². The zero-order valence-corrected chi connectivity index (χ0v) is 13.8. The lowest BCUT2D eigenvalue weighted by atomic mass is 10.2. The van der Waals surface area contributed by atoms with Crippen molar-refractivity contribution in [2.45, 2.75) is 29.5 Å². The van der Waals surface area contributed by atoms with Crippen LogP contribution < -0.4 is 5.32 Å². The molecule has 1 aliphatic heterocycles. The van der Waals surface area contributed by atoms with Gasteiger partial charge in [-0.2, -0.15) is 4.31 Å². The summed E-state index contributed by atoms with van der Waals surface area (Å²) < 4.78 is 31.0. The Kier molecular flexibility index (Phi) is 5.54. The van der Waals surface area contributed by atoms with Crippen LogP contribution in [0, 0.1) is 0 Å². The standard InChI is InChI=1S/C13H18N2O5S2/c1-20-11(16)6-7-14-13(17)10-4-2-8-15(10)22(18,19)12-5-3-9-21-12/h3,5,9-10H,2,4,6-8H2,1H3,(H,14,17). The summed E-state index contributed by atoms with van der Waals surface area (Å²) in [5, 5.41) is 4.28. The van der Waals surface area contributed by atoms with Gasteiger partial charge in [0.05, 0.1) is 13.5 Å². The Balaban J connectivity index is 2.01. The molecule has 1 N–H and O–H groups in total. The molecule has 122 valence electrons. The maximum Gasteiger partial charge on any atom is 0.307 e. The van der Waals surface area contributed by atoms with Crippen molar-refractivity contribution >= 4 is 33.2 Å². The summed E-state index contributed by atoms with van der Waals surface area (Å²) in [5.41, 5.74) is 0. The van der Waals surface area contributed by atoms with Gasteiger partial charge in [-0.15, -0.1) is 11.3 Å². The number of hydrogen-bond donors (Lipinski definition) is 1. The highest BCUT2D eigenvalue weighted by molar-refractivity contribution is 7.91. The van der Waals surface area contributed by atoms with Gasteiger partial charge in [0, 0.05) is 13.1 Å². The second-order valence-corrected chi connectivity index (χ2v) is 7.89. The second kappa shape index (κ2) is 7.21. The summed E-state index contributed by atoms with van der Waals surface area (Å²) in [6.45, 7) is 0.463. The van der Waals surface area contributed by atoms with Crippen molar-refractivity contribution in [3.63, 3.8) is 0 Å². The van der Waals surface area contributed by atoms with E-state index in [2.05, 4.69) is 10.1 Å². The van der Waals surface area contributed by atoms with Gasteiger partial charge in [0.1, 0.15) is 10.3 Å². The molecule has 1 aromatic rings. The van der Waals surface area contributed by atoms with Gasteiger partial charge in [-0.3, -0.25) is 9.59 Å². The lowest BCUT2D eigenvalue weighted by Crippen LogP contribution is -2.46. The number of thiophene rings is 1. The number of amides is 1. The fraction of sp³-hybridized carbons (Fsp3) is 0.538.